The van der Waals surface area contributed by atoms with Gasteiger partial charge in [0.05, 0.1) is 22.8 Å². The molecular formula is C52H80N14O3. The summed E-state index contributed by atoms with van der Waals surface area (Å²) in [4.78, 5) is 68.5. The average Bonchev–Trinajstić information content (AvgIpc) is 3.30. The van der Waals surface area contributed by atoms with E-state index in [1.54, 1.807) is 39.4 Å². The molecular weight excluding hydrogens is 869 g/mol. The molecule has 1 aliphatic carbocycles. The number of hydrogen-bond acceptors (Lipinski definition) is 17. The molecule has 3 atom stereocenters. The highest BCUT2D eigenvalue weighted by Gasteiger charge is 2.29. The van der Waals surface area contributed by atoms with Crippen LogP contribution < -0.4 is 33.2 Å². The van der Waals surface area contributed by atoms with Gasteiger partial charge in [0.15, 0.2) is 5.65 Å². The van der Waals surface area contributed by atoms with Crippen molar-refractivity contribution in [3.05, 3.63) is 48.0 Å². The molecule has 5 aromatic rings. The Morgan fingerprint density at radius 1 is 0.565 bits per heavy atom. The zero-order valence-corrected chi connectivity index (χ0v) is 42.9. The molecule has 0 amide bonds. The zero-order chi connectivity index (χ0) is 50.6. The predicted octanol–water partition coefficient (Wildman–Crippen LogP) is 10.3. The summed E-state index contributed by atoms with van der Waals surface area (Å²) in [6.45, 7) is 17.9. The van der Waals surface area contributed by atoms with Crippen molar-refractivity contribution in [1.29, 1.82) is 0 Å². The van der Waals surface area contributed by atoms with E-state index < -0.39 is 0 Å². The van der Waals surface area contributed by atoms with Crippen molar-refractivity contribution in [3.63, 3.8) is 0 Å². The van der Waals surface area contributed by atoms with Gasteiger partial charge in [-0.1, -0.05) is 59.3 Å². The number of aryl methyl sites for hydroxylation is 1. The number of pyridine rings is 2. The minimum Gasteiger partial charge on any atom is -0.368 e. The van der Waals surface area contributed by atoms with Crippen molar-refractivity contribution >= 4 is 74.6 Å². The van der Waals surface area contributed by atoms with Gasteiger partial charge in [0, 0.05) is 59.2 Å². The fourth-order valence-electron chi connectivity index (χ4n) is 8.55. The lowest BCUT2D eigenvalue weighted by Gasteiger charge is -2.33. The topological polar surface area (TPSA) is 268 Å². The van der Waals surface area contributed by atoms with Crippen LogP contribution in [0.3, 0.4) is 0 Å². The summed E-state index contributed by atoms with van der Waals surface area (Å²) in [5.41, 5.74) is 20.6. The number of aromatic nitrogens is 8. The Hall–Kier alpha value is -6.13. The smallest absolute Gasteiger partial charge is 0.224 e. The number of nitrogens with one attached hydrogen (secondary N) is 3. The number of unbranched alkanes of at least 4 members (excludes halogenated alkanes) is 3. The van der Waals surface area contributed by atoms with Gasteiger partial charge in [0.2, 0.25) is 17.8 Å². The van der Waals surface area contributed by atoms with E-state index in [0.29, 0.717) is 48.0 Å². The lowest BCUT2D eigenvalue weighted by atomic mass is 9.88. The third kappa shape index (κ3) is 18.0. The maximum absolute atomic E-state index is 11.4. The number of anilines is 6. The summed E-state index contributed by atoms with van der Waals surface area (Å²) in [5, 5.41) is 12.4. The van der Waals surface area contributed by atoms with Gasteiger partial charge in [0.25, 0.3) is 0 Å². The van der Waals surface area contributed by atoms with E-state index in [0.717, 1.165) is 112 Å². The Bertz CT molecular complexity index is 2350. The first-order valence-corrected chi connectivity index (χ1v) is 25.0. The van der Waals surface area contributed by atoms with E-state index in [1.807, 2.05) is 18.2 Å². The number of fused-ring (bicyclic) bond motifs is 3. The van der Waals surface area contributed by atoms with Crippen LogP contribution in [0.2, 0.25) is 0 Å². The molecule has 5 aromatic heterocycles. The molecule has 0 aromatic carbocycles. The van der Waals surface area contributed by atoms with E-state index >= 15 is 0 Å². The van der Waals surface area contributed by atoms with E-state index in [1.165, 1.54) is 18.4 Å². The molecule has 0 unspecified atom stereocenters. The Kier molecular flexibility index (Phi) is 21.4. The van der Waals surface area contributed by atoms with Gasteiger partial charge in [-0.2, -0.15) is 19.9 Å². The standard InChI is InChI=1S/C18H30N4O.2C17H25N5O/c1-4-5-11-18(3,12-10-13(2)23)22-16-14-8-6-7-9-15(14)20-17(19)21-16;1-4-5-8-17(3,9-6-12(2)23)22-15-13-7-10-19-11-14(13)20-16(18)21-15;1-4-5-9-17(3,10-8-12(2)23)22-15-13-7-6-11-19-14(13)20-16(18)21-15/h4-12H2,1-3H3,(H3,19,20,21,22);7,10-11H,4-6,8-9H2,1-3H3,(H3,18,20,21,22);6-7,11H,4-5,8-10H2,1-3H3,(H3,18,19,20,21,22)/t18-;2*17-/m111/s1. The Balaban J connectivity index is 0.000000225. The first-order chi connectivity index (χ1) is 32.8. The van der Waals surface area contributed by atoms with E-state index in [9.17, 15) is 14.4 Å². The minimum atomic E-state index is -0.217. The number of nitrogen functional groups attached to an aromatic ring is 3. The van der Waals surface area contributed by atoms with Gasteiger partial charge < -0.3 is 47.5 Å². The molecule has 69 heavy (non-hydrogen) atoms. The van der Waals surface area contributed by atoms with Crippen molar-refractivity contribution in [3.8, 4) is 0 Å². The van der Waals surface area contributed by atoms with Gasteiger partial charge in [-0.3, -0.25) is 4.98 Å². The largest absolute Gasteiger partial charge is 0.368 e. The second-order valence-electron chi connectivity index (χ2n) is 19.7. The normalized spacial score (nSPS) is 14.6. The molecule has 0 radical (unpaired) electrons. The summed E-state index contributed by atoms with van der Waals surface area (Å²) in [5.74, 6) is 3.67. The van der Waals surface area contributed by atoms with Crippen LogP contribution in [0.15, 0.2) is 36.8 Å². The third-order valence-electron chi connectivity index (χ3n) is 12.8. The number of hydrogen-bond donors (Lipinski definition) is 6. The number of carbonyl (C=O) groups excluding carboxylic acids is 3. The van der Waals surface area contributed by atoms with Crippen LogP contribution in [-0.2, 0) is 27.2 Å². The Labute approximate surface area is 409 Å². The van der Waals surface area contributed by atoms with Crippen molar-refractivity contribution < 1.29 is 14.4 Å². The molecule has 6 rings (SSSR count). The summed E-state index contributed by atoms with van der Waals surface area (Å²) >= 11 is 0. The number of nitrogens with two attached hydrogens (primary N) is 3. The molecule has 0 fully saturated rings. The van der Waals surface area contributed by atoms with Crippen LogP contribution in [0.5, 0.6) is 0 Å². The van der Waals surface area contributed by atoms with Crippen molar-refractivity contribution in [1.82, 2.24) is 39.9 Å². The van der Waals surface area contributed by atoms with E-state index in [-0.39, 0.29) is 45.9 Å². The minimum absolute atomic E-state index is 0.131. The molecule has 0 bridgehead atoms. The second-order valence-corrected chi connectivity index (χ2v) is 19.7. The number of carbonyl (C=O) groups is 3. The van der Waals surface area contributed by atoms with Gasteiger partial charge in [0.1, 0.15) is 34.8 Å². The zero-order valence-electron chi connectivity index (χ0n) is 42.9. The summed E-state index contributed by atoms with van der Waals surface area (Å²) in [7, 11) is 0. The van der Waals surface area contributed by atoms with Crippen molar-refractivity contribution in [2.24, 2.45) is 0 Å². The van der Waals surface area contributed by atoms with Crippen LogP contribution in [0.1, 0.15) is 183 Å². The molecule has 0 saturated carbocycles. The molecule has 0 spiro atoms. The number of Topliss-reactive ketones (excluding diaryl/α,β-unsaturated/α-hetero) is 3. The van der Waals surface area contributed by atoms with E-state index in [2.05, 4.69) is 97.4 Å². The van der Waals surface area contributed by atoms with Crippen LogP contribution in [-0.4, -0.2) is 73.8 Å². The third-order valence-corrected chi connectivity index (χ3v) is 12.8. The van der Waals surface area contributed by atoms with Gasteiger partial charge in [-0.25, -0.2) is 15.0 Å². The van der Waals surface area contributed by atoms with Gasteiger partial charge >= 0.3 is 0 Å². The molecule has 376 valence electrons. The monoisotopic (exact) mass is 949 g/mol. The summed E-state index contributed by atoms with van der Waals surface area (Å²) < 4.78 is 0. The Morgan fingerprint density at radius 3 is 1.55 bits per heavy atom. The molecule has 1 aliphatic rings. The van der Waals surface area contributed by atoms with E-state index in [4.69, 9.17) is 17.2 Å². The molecule has 0 aliphatic heterocycles. The highest BCUT2D eigenvalue weighted by Crippen LogP contribution is 2.33. The molecule has 5 heterocycles. The summed E-state index contributed by atoms with van der Waals surface area (Å²) in [6, 6.07) is 5.66. The fourth-order valence-corrected chi connectivity index (χ4v) is 8.55. The SMILES string of the molecule is CCCC[C@](C)(CCC(C)=O)Nc1nc(N)nc2c1CCCC2.CCCC[C@](C)(CCC(C)=O)Nc1nc(N)nc2cnccc12.CCCC[C@](C)(CCC(C)=O)Nc1nc(N)nc2ncccc12. The van der Waals surface area contributed by atoms with Crippen molar-refractivity contribution in [2.45, 2.75) is 201 Å². The van der Waals surface area contributed by atoms with Crippen molar-refractivity contribution in [2.75, 3.05) is 33.2 Å². The number of nitrogens with zero attached hydrogens (tertiary/aromatic N) is 8. The fraction of sp³-hybridized carbons (Fsp3) is 0.596. The average molecular weight is 949 g/mol. The van der Waals surface area contributed by atoms with Crippen LogP contribution in [0.25, 0.3) is 21.9 Å². The quantitative estimate of drug-likeness (QED) is 0.0336. The number of ketones is 3. The predicted molar refractivity (Wildman–Crippen MR) is 281 cm³/mol. The maximum Gasteiger partial charge on any atom is 0.224 e. The lowest BCUT2D eigenvalue weighted by molar-refractivity contribution is -0.118. The Morgan fingerprint density at radius 2 is 1.03 bits per heavy atom. The van der Waals surface area contributed by atoms with Crippen LogP contribution in [0.4, 0.5) is 35.3 Å². The summed E-state index contributed by atoms with van der Waals surface area (Å²) in [6.07, 6.45) is 23.0. The molecule has 17 heteroatoms. The molecule has 17 nitrogen and oxygen atoms in total. The molecule has 9 N–H and O–H groups in total. The van der Waals surface area contributed by atoms with Crippen LogP contribution in [0, 0.1) is 0 Å². The number of rotatable bonds is 24. The van der Waals surface area contributed by atoms with Crippen LogP contribution >= 0.6 is 0 Å². The lowest BCUT2D eigenvalue weighted by Crippen LogP contribution is -2.36. The molecule has 0 saturated heterocycles. The van der Waals surface area contributed by atoms with Gasteiger partial charge in [-0.15, -0.1) is 0 Å². The highest BCUT2D eigenvalue weighted by atomic mass is 16.1. The van der Waals surface area contributed by atoms with Gasteiger partial charge in [-0.05, 0) is 124 Å². The highest BCUT2D eigenvalue weighted by molar-refractivity contribution is 5.90. The first kappa shape index (κ1) is 55.5. The first-order valence-electron chi connectivity index (χ1n) is 25.0. The maximum atomic E-state index is 11.4. The second kappa shape index (κ2) is 26.6.